The van der Waals surface area contributed by atoms with Crippen molar-refractivity contribution in [3.05, 3.63) is 30.1 Å². The smallest absolute Gasteiger partial charge is 0.319 e. The molecule has 1 aromatic rings. The molecule has 1 atom stereocenters. The van der Waals surface area contributed by atoms with E-state index in [9.17, 15) is 9.18 Å². The van der Waals surface area contributed by atoms with E-state index in [0.29, 0.717) is 18.2 Å². The lowest BCUT2D eigenvalue weighted by Crippen LogP contribution is -2.33. The number of carbonyl (C=O) groups excluding carboxylic acids is 1. The van der Waals surface area contributed by atoms with Gasteiger partial charge in [0.05, 0.1) is 0 Å². The van der Waals surface area contributed by atoms with Crippen molar-refractivity contribution in [1.29, 1.82) is 0 Å². The maximum atomic E-state index is 12.9. The fourth-order valence-electron chi connectivity index (χ4n) is 1.87. The molecule has 1 aliphatic heterocycles. The van der Waals surface area contributed by atoms with E-state index in [1.54, 1.807) is 12.1 Å². The zero-order chi connectivity index (χ0) is 12.1. The van der Waals surface area contributed by atoms with Crippen molar-refractivity contribution in [2.45, 2.75) is 6.42 Å². The highest BCUT2D eigenvalue weighted by Gasteiger charge is 2.14. The summed E-state index contributed by atoms with van der Waals surface area (Å²) < 4.78 is 12.9. The number of hydrogen-bond acceptors (Lipinski definition) is 2. The first kappa shape index (κ1) is 11.9. The largest absolute Gasteiger partial charge is 0.338 e. The van der Waals surface area contributed by atoms with Crippen LogP contribution in [-0.2, 0) is 0 Å². The van der Waals surface area contributed by atoms with Gasteiger partial charge in [0.2, 0.25) is 0 Å². The monoisotopic (exact) mass is 237 g/mol. The van der Waals surface area contributed by atoms with E-state index in [-0.39, 0.29) is 11.8 Å². The lowest BCUT2D eigenvalue weighted by molar-refractivity contribution is 0.250. The number of rotatable bonds is 3. The standard InChI is InChI=1S/C12H16FN3O/c13-10-2-1-3-11(6-10)16-12(17)15-8-9-4-5-14-7-9/h1-3,6,9,14H,4-5,7-8H2,(H2,15,16,17). The second-order valence-electron chi connectivity index (χ2n) is 4.20. The fourth-order valence-corrected chi connectivity index (χ4v) is 1.87. The van der Waals surface area contributed by atoms with Gasteiger partial charge < -0.3 is 16.0 Å². The van der Waals surface area contributed by atoms with E-state index >= 15 is 0 Å². The minimum Gasteiger partial charge on any atom is -0.338 e. The summed E-state index contributed by atoms with van der Waals surface area (Å²) in [5.41, 5.74) is 0.465. The Labute approximate surface area is 99.6 Å². The Kier molecular flexibility index (Phi) is 3.93. The average Bonchev–Trinajstić information content (AvgIpc) is 2.79. The molecule has 0 aliphatic carbocycles. The first-order valence-corrected chi connectivity index (χ1v) is 5.75. The van der Waals surface area contributed by atoms with E-state index < -0.39 is 0 Å². The molecule has 2 rings (SSSR count). The number of amides is 2. The van der Waals surface area contributed by atoms with Gasteiger partial charge in [0, 0.05) is 12.2 Å². The molecule has 1 saturated heterocycles. The Morgan fingerprint density at radius 1 is 1.53 bits per heavy atom. The second-order valence-corrected chi connectivity index (χ2v) is 4.20. The summed E-state index contributed by atoms with van der Waals surface area (Å²) in [4.78, 5) is 11.5. The van der Waals surface area contributed by atoms with E-state index in [1.165, 1.54) is 12.1 Å². The molecule has 1 heterocycles. The van der Waals surface area contributed by atoms with Gasteiger partial charge in [0.25, 0.3) is 0 Å². The number of benzene rings is 1. The van der Waals surface area contributed by atoms with Crippen LogP contribution in [0.5, 0.6) is 0 Å². The quantitative estimate of drug-likeness (QED) is 0.747. The molecule has 2 amide bonds. The number of urea groups is 1. The van der Waals surface area contributed by atoms with Gasteiger partial charge in [-0.1, -0.05) is 6.07 Å². The maximum Gasteiger partial charge on any atom is 0.319 e. The topological polar surface area (TPSA) is 53.2 Å². The van der Waals surface area contributed by atoms with Crippen molar-refractivity contribution < 1.29 is 9.18 Å². The molecular formula is C12H16FN3O. The predicted octanol–water partition coefficient (Wildman–Crippen LogP) is 1.56. The van der Waals surface area contributed by atoms with E-state index in [4.69, 9.17) is 0 Å². The molecule has 1 aliphatic rings. The molecule has 4 nitrogen and oxygen atoms in total. The minimum absolute atomic E-state index is 0.289. The van der Waals surface area contributed by atoms with Crippen LogP contribution < -0.4 is 16.0 Å². The minimum atomic E-state index is -0.359. The predicted molar refractivity (Wildman–Crippen MR) is 64.4 cm³/mol. The molecular weight excluding hydrogens is 221 g/mol. The summed E-state index contributed by atoms with van der Waals surface area (Å²) in [6.07, 6.45) is 1.08. The van der Waals surface area contributed by atoms with Gasteiger partial charge in [-0.15, -0.1) is 0 Å². The normalized spacial score (nSPS) is 19.0. The molecule has 5 heteroatoms. The van der Waals surface area contributed by atoms with Crippen LogP contribution in [0.2, 0.25) is 0 Å². The van der Waals surface area contributed by atoms with Crippen molar-refractivity contribution in [2.24, 2.45) is 5.92 Å². The highest BCUT2D eigenvalue weighted by atomic mass is 19.1. The van der Waals surface area contributed by atoms with Gasteiger partial charge in [0.15, 0.2) is 0 Å². The Hall–Kier alpha value is -1.62. The molecule has 1 fully saturated rings. The maximum absolute atomic E-state index is 12.9. The average molecular weight is 237 g/mol. The molecule has 92 valence electrons. The third-order valence-corrected chi connectivity index (χ3v) is 2.80. The van der Waals surface area contributed by atoms with Gasteiger partial charge in [-0.2, -0.15) is 0 Å². The van der Waals surface area contributed by atoms with Crippen molar-refractivity contribution >= 4 is 11.7 Å². The number of nitrogens with one attached hydrogen (secondary N) is 3. The number of halogens is 1. The van der Waals surface area contributed by atoms with Crippen LogP contribution in [-0.4, -0.2) is 25.7 Å². The Morgan fingerprint density at radius 2 is 2.41 bits per heavy atom. The van der Waals surface area contributed by atoms with Gasteiger partial charge in [-0.05, 0) is 43.6 Å². The Morgan fingerprint density at radius 3 is 3.12 bits per heavy atom. The summed E-state index contributed by atoms with van der Waals surface area (Å²) >= 11 is 0. The SMILES string of the molecule is O=C(NCC1CCNC1)Nc1cccc(F)c1. The first-order valence-electron chi connectivity index (χ1n) is 5.75. The van der Waals surface area contributed by atoms with Gasteiger partial charge in [0.1, 0.15) is 5.82 Å². The van der Waals surface area contributed by atoms with E-state index in [2.05, 4.69) is 16.0 Å². The number of anilines is 1. The summed E-state index contributed by atoms with van der Waals surface area (Å²) in [5, 5.41) is 8.61. The Bertz CT molecular complexity index is 391. The second kappa shape index (κ2) is 5.63. The first-order chi connectivity index (χ1) is 8.24. The van der Waals surface area contributed by atoms with Crippen molar-refractivity contribution in [1.82, 2.24) is 10.6 Å². The van der Waals surface area contributed by atoms with Crippen molar-refractivity contribution in [3.8, 4) is 0 Å². The van der Waals surface area contributed by atoms with Gasteiger partial charge in [-0.3, -0.25) is 0 Å². The van der Waals surface area contributed by atoms with Gasteiger partial charge >= 0.3 is 6.03 Å². The molecule has 1 unspecified atom stereocenters. The number of hydrogen-bond donors (Lipinski definition) is 3. The summed E-state index contributed by atoms with van der Waals surface area (Å²) in [7, 11) is 0. The Balaban J connectivity index is 1.76. The molecule has 0 bridgehead atoms. The lowest BCUT2D eigenvalue weighted by Gasteiger charge is -2.11. The molecule has 17 heavy (non-hydrogen) atoms. The number of carbonyl (C=O) groups is 1. The molecule has 3 N–H and O–H groups in total. The zero-order valence-corrected chi connectivity index (χ0v) is 9.50. The van der Waals surface area contributed by atoms with Crippen LogP contribution in [0.15, 0.2) is 24.3 Å². The lowest BCUT2D eigenvalue weighted by atomic mass is 10.1. The van der Waals surface area contributed by atoms with Crippen LogP contribution in [0.25, 0.3) is 0 Å². The van der Waals surface area contributed by atoms with Crippen LogP contribution in [0.3, 0.4) is 0 Å². The molecule has 0 radical (unpaired) electrons. The molecule has 0 spiro atoms. The van der Waals surface area contributed by atoms with Crippen LogP contribution in [0.4, 0.5) is 14.9 Å². The van der Waals surface area contributed by atoms with E-state index in [1.807, 2.05) is 0 Å². The van der Waals surface area contributed by atoms with Crippen LogP contribution in [0, 0.1) is 11.7 Å². The third-order valence-electron chi connectivity index (χ3n) is 2.80. The zero-order valence-electron chi connectivity index (χ0n) is 9.50. The van der Waals surface area contributed by atoms with Gasteiger partial charge in [-0.25, -0.2) is 9.18 Å². The van der Waals surface area contributed by atoms with Crippen molar-refractivity contribution in [2.75, 3.05) is 25.0 Å². The molecule has 0 aromatic heterocycles. The molecule has 0 saturated carbocycles. The van der Waals surface area contributed by atoms with E-state index in [0.717, 1.165) is 19.5 Å². The van der Waals surface area contributed by atoms with Crippen molar-refractivity contribution in [3.63, 3.8) is 0 Å². The highest BCUT2D eigenvalue weighted by molar-refractivity contribution is 5.89. The van der Waals surface area contributed by atoms with Crippen LogP contribution in [0.1, 0.15) is 6.42 Å². The summed E-state index contributed by atoms with van der Waals surface area (Å²) in [6, 6.07) is 5.55. The summed E-state index contributed by atoms with van der Waals surface area (Å²) in [6.45, 7) is 2.60. The third kappa shape index (κ3) is 3.71. The fraction of sp³-hybridized carbons (Fsp3) is 0.417. The summed E-state index contributed by atoms with van der Waals surface area (Å²) in [5.74, 6) is 0.135. The van der Waals surface area contributed by atoms with Crippen LogP contribution >= 0.6 is 0 Å². The highest BCUT2D eigenvalue weighted by Crippen LogP contribution is 2.09. The molecule has 1 aromatic carbocycles.